The Labute approximate surface area is 198 Å². The third-order valence-corrected chi connectivity index (χ3v) is 6.16. The third-order valence-electron chi connectivity index (χ3n) is 5.85. The Kier molecular flexibility index (Phi) is 7.92. The molecule has 1 aromatic heterocycles. The van der Waals surface area contributed by atoms with Gasteiger partial charge in [0.15, 0.2) is 0 Å². The van der Waals surface area contributed by atoms with Crippen molar-refractivity contribution in [2.45, 2.75) is 25.3 Å². The van der Waals surface area contributed by atoms with Crippen molar-refractivity contribution in [2.75, 3.05) is 19.7 Å². The fraction of sp³-hybridized carbons (Fsp3) is 0.308. The summed E-state index contributed by atoms with van der Waals surface area (Å²) in [4.78, 5) is 17.7. The highest BCUT2D eigenvalue weighted by atomic mass is 35.5. The Morgan fingerprint density at radius 3 is 2.64 bits per heavy atom. The molecule has 0 radical (unpaired) electrons. The lowest BCUT2D eigenvalue weighted by Crippen LogP contribution is -2.40. The Morgan fingerprint density at radius 1 is 1.12 bits per heavy atom. The lowest BCUT2D eigenvalue weighted by atomic mass is 9.94. The number of halogens is 2. The molecule has 0 unspecified atom stereocenters. The number of carbonyl (C=O) groups excluding carboxylic acids is 1. The number of para-hydroxylation sites is 1. The summed E-state index contributed by atoms with van der Waals surface area (Å²) in [6.45, 7) is 2.02. The Balaban J connectivity index is 1.57. The molecule has 0 spiro atoms. The van der Waals surface area contributed by atoms with Crippen LogP contribution in [0.15, 0.2) is 66.9 Å². The summed E-state index contributed by atoms with van der Waals surface area (Å²) in [5, 5.41) is 7.04. The number of nitrogens with one attached hydrogen (secondary N) is 2. The summed E-state index contributed by atoms with van der Waals surface area (Å²) in [5.41, 5.74) is 2.42. The highest BCUT2D eigenvalue weighted by Gasteiger charge is 2.26. The molecule has 33 heavy (non-hydrogen) atoms. The van der Waals surface area contributed by atoms with Gasteiger partial charge in [-0.3, -0.25) is 9.78 Å². The molecule has 2 N–H and O–H groups in total. The summed E-state index contributed by atoms with van der Waals surface area (Å²) in [5.74, 6) is 0.293. The first kappa shape index (κ1) is 23.2. The number of aromatic nitrogens is 1. The van der Waals surface area contributed by atoms with Crippen LogP contribution in [-0.2, 0) is 4.79 Å². The second-order valence-corrected chi connectivity index (χ2v) is 8.50. The van der Waals surface area contributed by atoms with Gasteiger partial charge in [0, 0.05) is 24.1 Å². The monoisotopic (exact) mass is 467 g/mol. The van der Waals surface area contributed by atoms with E-state index in [0.29, 0.717) is 23.8 Å². The first-order valence-electron chi connectivity index (χ1n) is 11.2. The number of pyridine rings is 1. The second kappa shape index (κ2) is 11.3. The molecule has 1 aliphatic rings. The largest absolute Gasteiger partial charge is 0.492 e. The standard InChI is InChI=1S/C26H27ClFN3O2/c27-22-5-1-2-6-24(22)33-17-13-23(31-26(32)19-11-15-29-16-12-19)25-21(4-3-14-30-25)18-7-9-20(28)10-8-18/h1-10,14,19,23,29H,11-13,15-17H2,(H,31,32)/t23-/m1/s1. The van der Waals surface area contributed by atoms with E-state index >= 15 is 0 Å². The number of hydrogen-bond acceptors (Lipinski definition) is 4. The number of amides is 1. The van der Waals surface area contributed by atoms with Gasteiger partial charge in [0.2, 0.25) is 5.91 Å². The normalized spacial score (nSPS) is 15.1. The minimum Gasteiger partial charge on any atom is -0.492 e. The summed E-state index contributed by atoms with van der Waals surface area (Å²) >= 11 is 6.22. The van der Waals surface area contributed by atoms with E-state index in [2.05, 4.69) is 15.6 Å². The van der Waals surface area contributed by atoms with Gasteiger partial charge in [0.1, 0.15) is 11.6 Å². The molecule has 1 fully saturated rings. The van der Waals surface area contributed by atoms with Gasteiger partial charge in [0.05, 0.1) is 23.4 Å². The summed E-state index contributed by atoms with van der Waals surface area (Å²) < 4.78 is 19.4. The predicted octanol–water partition coefficient (Wildman–Crippen LogP) is 5.17. The third kappa shape index (κ3) is 6.09. The second-order valence-electron chi connectivity index (χ2n) is 8.10. The van der Waals surface area contributed by atoms with Crippen molar-refractivity contribution in [2.24, 2.45) is 5.92 Å². The molecule has 4 rings (SSSR count). The zero-order valence-corrected chi connectivity index (χ0v) is 19.0. The van der Waals surface area contributed by atoms with Crippen molar-refractivity contribution >= 4 is 17.5 Å². The van der Waals surface area contributed by atoms with Crippen LogP contribution in [0.25, 0.3) is 11.1 Å². The van der Waals surface area contributed by atoms with Crippen molar-refractivity contribution in [1.29, 1.82) is 0 Å². The fourth-order valence-corrected chi connectivity index (χ4v) is 4.26. The number of nitrogens with zero attached hydrogens (tertiary/aromatic N) is 1. The Morgan fingerprint density at radius 2 is 1.88 bits per heavy atom. The minimum absolute atomic E-state index is 0.0231. The highest BCUT2D eigenvalue weighted by molar-refractivity contribution is 6.32. The summed E-state index contributed by atoms with van der Waals surface area (Å²) in [6.07, 6.45) is 3.83. The van der Waals surface area contributed by atoms with E-state index < -0.39 is 0 Å². The molecular formula is C26H27ClFN3O2. The van der Waals surface area contributed by atoms with Gasteiger partial charge in [-0.1, -0.05) is 41.9 Å². The van der Waals surface area contributed by atoms with Crippen LogP contribution in [0.4, 0.5) is 4.39 Å². The Bertz CT molecular complexity index is 1070. The van der Waals surface area contributed by atoms with Crippen molar-refractivity contribution in [3.05, 3.63) is 83.4 Å². The Hall–Kier alpha value is -2.96. The molecule has 2 aromatic carbocycles. The molecule has 1 amide bonds. The van der Waals surface area contributed by atoms with E-state index in [-0.39, 0.29) is 23.7 Å². The molecular weight excluding hydrogens is 441 g/mol. The molecule has 1 atom stereocenters. The van der Waals surface area contributed by atoms with Crippen LogP contribution < -0.4 is 15.4 Å². The average molecular weight is 468 g/mol. The van der Waals surface area contributed by atoms with Crippen molar-refractivity contribution in [3.63, 3.8) is 0 Å². The van der Waals surface area contributed by atoms with Gasteiger partial charge in [-0.25, -0.2) is 4.39 Å². The van der Waals surface area contributed by atoms with Crippen molar-refractivity contribution in [3.8, 4) is 16.9 Å². The average Bonchev–Trinajstić information content (AvgIpc) is 2.85. The van der Waals surface area contributed by atoms with Gasteiger partial charge in [-0.05, 0) is 61.8 Å². The number of carbonyl (C=O) groups is 1. The first-order valence-corrected chi connectivity index (χ1v) is 11.6. The highest BCUT2D eigenvalue weighted by Crippen LogP contribution is 2.30. The van der Waals surface area contributed by atoms with Crippen LogP contribution in [-0.4, -0.2) is 30.6 Å². The molecule has 7 heteroatoms. The molecule has 0 bridgehead atoms. The molecule has 1 saturated heterocycles. The van der Waals surface area contributed by atoms with Crippen LogP contribution in [0.2, 0.25) is 5.02 Å². The fourth-order valence-electron chi connectivity index (χ4n) is 4.07. The molecule has 0 saturated carbocycles. The van der Waals surface area contributed by atoms with Crippen LogP contribution in [0.3, 0.4) is 0 Å². The molecule has 1 aliphatic heterocycles. The van der Waals surface area contributed by atoms with Gasteiger partial charge in [0.25, 0.3) is 0 Å². The topological polar surface area (TPSA) is 63.2 Å². The first-order chi connectivity index (χ1) is 16.1. The zero-order valence-electron chi connectivity index (χ0n) is 18.3. The van der Waals surface area contributed by atoms with E-state index in [1.54, 1.807) is 24.4 Å². The number of benzene rings is 2. The maximum atomic E-state index is 13.5. The van der Waals surface area contributed by atoms with Gasteiger partial charge < -0.3 is 15.4 Å². The smallest absolute Gasteiger partial charge is 0.223 e. The van der Waals surface area contributed by atoms with Gasteiger partial charge >= 0.3 is 0 Å². The van der Waals surface area contributed by atoms with E-state index in [1.807, 2.05) is 30.3 Å². The maximum absolute atomic E-state index is 13.5. The number of hydrogen-bond donors (Lipinski definition) is 2. The van der Waals surface area contributed by atoms with Crippen molar-refractivity contribution < 1.29 is 13.9 Å². The van der Waals surface area contributed by atoms with Crippen LogP contribution in [0, 0.1) is 11.7 Å². The van der Waals surface area contributed by atoms with Crippen LogP contribution in [0.1, 0.15) is 31.0 Å². The molecule has 0 aliphatic carbocycles. The number of rotatable bonds is 8. The number of piperidine rings is 1. The summed E-state index contributed by atoms with van der Waals surface area (Å²) in [7, 11) is 0. The van der Waals surface area contributed by atoms with Gasteiger partial charge in [-0.15, -0.1) is 0 Å². The lowest BCUT2D eigenvalue weighted by Gasteiger charge is -2.26. The zero-order chi connectivity index (χ0) is 23.0. The van der Waals surface area contributed by atoms with Gasteiger partial charge in [-0.2, -0.15) is 0 Å². The quantitative estimate of drug-likeness (QED) is 0.480. The van der Waals surface area contributed by atoms with E-state index in [4.69, 9.17) is 16.3 Å². The van der Waals surface area contributed by atoms with E-state index in [1.165, 1.54) is 12.1 Å². The molecule has 2 heterocycles. The van der Waals surface area contributed by atoms with E-state index in [9.17, 15) is 9.18 Å². The maximum Gasteiger partial charge on any atom is 0.223 e. The van der Waals surface area contributed by atoms with Crippen molar-refractivity contribution in [1.82, 2.24) is 15.6 Å². The molecule has 3 aromatic rings. The number of ether oxygens (including phenoxy) is 1. The predicted molar refractivity (Wildman–Crippen MR) is 128 cm³/mol. The molecule has 5 nitrogen and oxygen atoms in total. The molecule has 172 valence electrons. The SMILES string of the molecule is O=C(N[C@H](CCOc1ccccc1Cl)c1ncccc1-c1ccc(F)cc1)C1CCNCC1. The van der Waals surface area contributed by atoms with E-state index in [0.717, 1.165) is 42.8 Å². The van der Waals surface area contributed by atoms with Crippen LogP contribution >= 0.6 is 11.6 Å². The lowest BCUT2D eigenvalue weighted by molar-refractivity contribution is -0.126. The minimum atomic E-state index is -0.365. The summed E-state index contributed by atoms with van der Waals surface area (Å²) in [6, 6.07) is 17.0. The van der Waals surface area contributed by atoms with Crippen LogP contribution in [0.5, 0.6) is 5.75 Å².